The van der Waals surface area contributed by atoms with Crippen molar-refractivity contribution in [1.82, 2.24) is 4.90 Å². The first-order valence-corrected chi connectivity index (χ1v) is 5.96. The fraction of sp³-hybridized carbons (Fsp3) is 0.385. The molecule has 0 saturated carbocycles. The molecule has 6 heteroatoms. The van der Waals surface area contributed by atoms with Crippen LogP contribution in [0.25, 0.3) is 0 Å². The Morgan fingerprint density at radius 1 is 1.47 bits per heavy atom. The Morgan fingerprint density at radius 3 is 2.74 bits per heavy atom. The van der Waals surface area contributed by atoms with E-state index in [9.17, 15) is 19.1 Å². The average Bonchev–Trinajstić information content (AvgIpc) is 2.75. The lowest BCUT2D eigenvalue weighted by Gasteiger charge is -2.31. The van der Waals surface area contributed by atoms with Crippen LogP contribution in [0.15, 0.2) is 18.2 Å². The maximum Gasteiger partial charge on any atom is 0.329 e. The van der Waals surface area contributed by atoms with Gasteiger partial charge in [-0.05, 0) is 38.0 Å². The van der Waals surface area contributed by atoms with Crippen molar-refractivity contribution in [3.05, 3.63) is 29.6 Å². The van der Waals surface area contributed by atoms with Gasteiger partial charge in [-0.1, -0.05) is 0 Å². The number of rotatable bonds is 2. The molecule has 0 radical (unpaired) electrons. The van der Waals surface area contributed by atoms with Gasteiger partial charge in [-0.15, -0.1) is 0 Å². The third-order valence-electron chi connectivity index (χ3n) is 3.59. The zero-order chi connectivity index (χ0) is 14.2. The fourth-order valence-electron chi connectivity index (χ4n) is 2.33. The number of nitrogens with zero attached hydrogens (tertiary/aromatic N) is 1. The van der Waals surface area contributed by atoms with Crippen LogP contribution in [-0.4, -0.2) is 34.0 Å². The Bertz CT molecular complexity index is 547. The minimum Gasteiger partial charge on any atom is -0.480 e. The second-order valence-corrected chi connectivity index (χ2v) is 4.88. The normalized spacial score (nSPS) is 22.5. The summed E-state index contributed by atoms with van der Waals surface area (Å²) in [7, 11) is 0. The van der Waals surface area contributed by atoms with Crippen molar-refractivity contribution in [2.24, 2.45) is 0 Å². The van der Waals surface area contributed by atoms with E-state index in [1.807, 2.05) is 0 Å². The van der Waals surface area contributed by atoms with Gasteiger partial charge in [0.15, 0.2) is 0 Å². The number of likely N-dealkylation sites (tertiary alicyclic amines) is 1. The first kappa shape index (κ1) is 13.3. The number of halogens is 1. The molecule has 1 aliphatic rings. The van der Waals surface area contributed by atoms with Crippen LogP contribution in [0.5, 0.6) is 0 Å². The van der Waals surface area contributed by atoms with Gasteiger partial charge in [-0.2, -0.15) is 0 Å². The number of carbonyl (C=O) groups is 2. The van der Waals surface area contributed by atoms with Crippen LogP contribution in [0, 0.1) is 5.82 Å². The molecule has 102 valence electrons. The standard InChI is InChI=1S/C13H15FN2O3/c1-13(12(18)19)5-2-6-16(13)11(17)8-3-4-10(15)9(14)7-8/h3-4,7H,2,5-6,15H2,1H3,(H,18,19). The Kier molecular flexibility index (Phi) is 3.18. The number of amides is 1. The smallest absolute Gasteiger partial charge is 0.329 e. The Morgan fingerprint density at radius 2 is 2.16 bits per heavy atom. The molecule has 5 nitrogen and oxygen atoms in total. The molecule has 2 rings (SSSR count). The van der Waals surface area contributed by atoms with Crippen molar-refractivity contribution in [3.8, 4) is 0 Å². The van der Waals surface area contributed by atoms with Gasteiger partial charge in [0.1, 0.15) is 11.4 Å². The van der Waals surface area contributed by atoms with E-state index in [1.54, 1.807) is 0 Å². The van der Waals surface area contributed by atoms with Crippen molar-refractivity contribution < 1.29 is 19.1 Å². The highest BCUT2D eigenvalue weighted by Crippen LogP contribution is 2.31. The van der Waals surface area contributed by atoms with E-state index in [0.717, 1.165) is 6.07 Å². The Balaban J connectivity index is 2.33. The maximum absolute atomic E-state index is 13.4. The summed E-state index contributed by atoms with van der Waals surface area (Å²) in [5, 5.41) is 9.25. The molecule has 19 heavy (non-hydrogen) atoms. The molecule has 1 aromatic carbocycles. The largest absolute Gasteiger partial charge is 0.480 e. The predicted octanol–water partition coefficient (Wildman–Crippen LogP) is 1.49. The summed E-state index contributed by atoms with van der Waals surface area (Å²) in [6.07, 6.45) is 1.01. The highest BCUT2D eigenvalue weighted by molar-refractivity contribution is 5.98. The zero-order valence-corrected chi connectivity index (χ0v) is 10.5. The van der Waals surface area contributed by atoms with Gasteiger partial charge in [-0.25, -0.2) is 9.18 Å². The summed E-state index contributed by atoms with van der Waals surface area (Å²) in [5.41, 5.74) is 4.19. The molecule has 1 amide bonds. The zero-order valence-electron chi connectivity index (χ0n) is 10.5. The number of hydrogen-bond acceptors (Lipinski definition) is 3. The van der Waals surface area contributed by atoms with Crippen molar-refractivity contribution in [3.63, 3.8) is 0 Å². The molecule has 1 heterocycles. The summed E-state index contributed by atoms with van der Waals surface area (Å²) in [5.74, 6) is -2.21. The first-order valence-electron chi connectivity index (χ1n) is 5.96. The summed E-state index contributed by atoms with van der Waals surface area (Å²) < 4.78 is 13.4. The SMILES string of the molecule is CC1(C(=O)O)CCCN1C(=O)c1ccc(N)c(F)c1. The van der Waals surface area contributed by atoms with E-state index in [1.165, 1.54) is 24.0 Å². The summed E-state index contributed by atoms with van der Waals surface area (Å²) in [6.45, 7) is 1.86. The number of carbonyl (C=O) groups excluding carboxylic acids is 1. The molecule has 1 unspecified atom stereocenters. The van der Waals surface area contributed by atoms with E-state index in [2.05, 4.69) is 0 Å². The monoisotopic (exact) mass is 266 g/mol. The highest BCUT2D eigenvalue weighted by atomic mass is 19.1. The molecular formula is C13H15FN2O3. The van der Waals surface area contributed by atoms with Crippen LogP contribution in [-0.2, 0) is 4.79 Å². The van der Waals surface area contributed by atoms with E-state index in [0.29, 0.717) is 19.4 Å². The van der Waals surface area contributed by atoms with Crippen molar-refractivity contribution >= 4 is 17.6 Å². The maximum atomic E-state index is 13.4. The molecule has 1 saturated heterocycles. The van der Waals surface area contributed by atoms with Crippen LogP contribution >= 0.6 is 0 Å². The van der Waals surface area contributed by atoms with Crippen LogP contribution in [0.4, 0.5) is 10.1 Å². The minimum atomic E-state index is -1.23. The van der Waals surface area contributed by atoms with Gasteiger partial charge in [0, 0.05) is 12.1 Å². The average molecular weight is 266 g/mol. The molecule has 1 aromatic rings. The van der Waals surface area contributed by atoms with Gasteiger partial charge in [0.2, 0.25) is 0 Å². The lowest BCUT2D eigenvalue weighted by molar-refractivity contribution is -0.147. The number of carboxylic acid groups (broad SMARTS) is 1. The molecule has 1 atom stereocenters. The number of carboxylic acids is 1. The van der Waals surface area contributed by atoms with Crippen LogP contribution < -0.4 is 5.73 Å². The second-order valence-electron chi connectivity index (χ2n) is 4.88. The minimum absolute atomic E-state index is 0.0426. The third kappa shape index (κ3) is 2.14. The highest BCUT2D eigenvalue weighted by Gasteiger charge is 2.46. The van der Waals surface area contributed by atoms with Gasteiger partial charge in [0.05, 0.1) is 5.69 Å². The summed E-state index contributed by atoms with van der Waals surface area (Å²) in [4.78, 5) is 24.9. The third-order valence-corrected chi connectivity index (χ3v) is 3.59. The number of aliphatic carboxylic acids is 1. The van der Waals surface area contributed by atoms with Crippen molar-refractivity contribution in [2.45, 2.75) is 25.3 Å². The molecular weight excluding hydrogens is 251 g/mol. The fourth-order valence-corrected chi connectivity index (χ4v) is 2.33. The molecule has 0 aromatic heterocycles. The summed E-state index contributed by atoms with van der Waals surface area (Å²) >= 11 is 0. The molecule has 1 fully saturated rings. The molecule has 0 bridgehead atoms. The van der Waals surface area contributed by atoms with Gasteiger partial charge < -0.3 is 15.7 Å². The van der Waals surface area contributed by atoms with E-state index < -0.39 is 23.2 Å². The number of benzene rings is 1. The quantitative estimate of drug-likeness (QED) is 0.794. The molecule has 0 spiro atoms. The topological polar surface area (TPSA) is 83.6 Å². The van der Waals surface area contributed by atoms with E-state index in [-0.39, 0.29) is 11.3 Å². The summed E-state index contributed by atoms with van der Waals surface area (Å²) in [6, 6.07) is 3.75. The van der Waals surface area contributed by atoms with Crippen molar-refractivity contribution in [1.29, 1.82) is 0 Å². The Labute approximate surface area is 109 Å². The van der Waals surface area contributed by atoms with Crippen LogP contribution in [0.3, 0.4) is 0 Å². The van der Waals surface area contributed by atoms with Crippen molar-refractivity contribution in [2.75, 3.05) is 12.3 Å². The Hall–Kier alpha value is -2.11. The number of nitrogens with two attached hydrogens (primary N) is 1. The van der Waals surface area contributed by atoms with E-state index in [4.69, 9.17) is 5.73 Å². The molecule has 1 aliphatic heterocycles. The molecule has 0 aliphatic carbocycles. The first-order chi connectivity index (χ1) is 8.86. The van der Waals surface area contributed by atoms with Crippen LogP contribution in [0.1, 0.15) is 30.1 Å². The van der Waals surface area contributed by atoms with Gasteiger partial charge in [0.25, 0.3) is 5.91 Å². The predicted molar refractivity (Wildman–Crippen MR) is 67.1 cm³/mol. The van der Waals surface area contributed by atoms with Crippen LogP contribution in [0.2, 0.25) is 0 Å². The van der Waals surface area contributed by atoms with Gasteiger partial charge in [-0.3, -0.25) is 4.79 Å². The number of hydrogen-bond donors (Lipinski definition) is 2. The number of anilines is 1. The number of nitrogen functional groups attached to an aromatic ring is 1. The van der Waals surface area contributed by atoms with E-state index >= 15 is 0 Å². The second kappa shape index (κ2) is 4.53. The molecule has 3 N–H and O–H groups in total. The lowest BCUT2D eigenvalue weighted by Crippen LogP contribution is -2.50. The lowest BCUT2D eigenvalue weighted by atomic mass is 9.98. The van der Waals surface area contributed by atoms with Gasteiger partial charge >= 0.3 is 5.97 Å².